The number of ether oxygens (including phenoxy) is 1. The van der Waals surface area contributed by atoms with Gasteiger partial charge in [-0.05, 0) is 58.6 Å². The molecule has 25 heavy (non-hydrogen) atoms. The molecule has 0 unspecified atom stereocenters. The molecule has 0 spiro atoms. The van der Waals surface area contributed by atoms with E-state index < -0.39 is 0 Å². The number of halogens is 1. The molecule has 1 atom stereocenters. The van der Waals surface area contributed by atoms with Crippen molar-refractivity contribution in [3.8, 4) is 0 Å². The molecule has 0 saturated carbocycles. The number of fused-ring (bicyclic) bond motifs is 1. The summed E-state index contributed by atoms with van der Waals surface area (Å²) in [6.45, 7) is 4.46. The van der Waals surface area contributed by atoms with E-state index in [4.69, 9.17) is 10.5 Å². The molecular weight excluding hydrogens is 382 g/mol. The van der Waals surface area contributed by atoms with Crippen molar-refractivity contribution < 1.29 is 9.53 Å². The third-order valence-corrected chi connectivity index (χ3v) is 4.96. The minimum atomic E-state index is -0.322. The zero-order valence-electron chi connectivity index (χ0n) is 14.3. The van der Waals surface area contributed by atoms with E-state index >= 15 is 0 Å². The highest BCUT2D eigenvalue weighted by molar-refractivity contribution is 9.10. The van der Waals surface area contributed by atoms with Crippen LogP contribution in [0.5, 0.6) is 0 Å². The maximum Gasteiger partial charge on any atom is 0.338 e. The van der Waals surface area contributed by atoms with Crippen molar-refractivity contribution in [1.29, 1.82) is 0 Å². The summed E-state index contributed by atoms with van der Waals surface area (Å²) in [6, 6.07) is 9.19. The number of anilines is 1. The van der Waals surface area contributed by atoms with Crippen LogP contribution in [-0.2, 0) is 4.74 Å². The van der Waals surface area contributed by atoms with Crippen LogP contribution in [0.1, 0.15) is 47.4 Å². The molecule has 2 aromatic rings. The molecule has 0 radical (unpaired) electrons. The minimum Gasteiger partial charge on any atom is -0.462 e. The fourth-order valence-corrected chi connectivity index (χ4v) is 3.22. The Labute approximate surface area is 154 Å². The van der Waals surface area contributed by atoms with Crippen LogP contribution in [0, 0.1) is 6.92 Å². The summed E-state index contributed by atoms with van der Waals surface area (Å²) in [7, 11) is 0. The summed E-state index contributed by atoms with van der Waals surface area (Å²) < 4.78 is 6.00. The normalized spacial score (nSPS) is 15.2. The highest BCUT2D eigenvalue weighted by Crippen LogP contribution is 2.23. The average Bonchev–Trinajstić information content (AvgIpc) is 3.04. The smallest absolute Gasteiger partial charge is 0.338 e. The highest BCUT2D eigenvalue weighted by Gasteiger charge is 2.17. The second-order valence-electron chi connectivity index (χ2n) is 6.03. The average molecular weight is 402 g/mol. The number of nitrogens with zero attached hydrogens (tertiary/aromatic N) is 2. The zero-order valence-corrected chi connectivity index (χ0v) is 15.8. The first-order valence-electron chi connectivity index (χ1n) is 8.28. The number of hydrogen-bond acceptors (Lipinski definition) is 5. The molecule has 130 valence electrons. The Bertz CT molecular complexity index is 923. The number of hydrogen-bond donors (Lipinski definition) is 1. The van der Waals surface area contributed by atoms with Crippen molar-refractivity contribution in [2.45, 2.75) is 32.9 Å². The van der Waals surface area contributed by atoms with Gasteiger partial charge in [-0.25, -0.2) is 4.79 Å². The van der Waals surface area contributed by atoms with Crippen LogP contribution in [-0.4, -0.2) is 12.6 Å². The monoisotopic (exact) mass is 401 g/mol. The van der Waals surface area contributed by atoms with Gasteiger partial charge in [-0.2, -0.15) is 0 Å². The molecule has 1 aliphatic heterocycles. The highest BCUT2D eigenvalue weighted by atomic mass is 79.9. The first-order chi connectivity index (χ1) is 12.0. The molecule has 5 nitrogen and oxygen atoms in total. The van der Waals surface area contributed by atoms with Crippen LogP contribution in [0.2, 0.25) is 0 Å². The SMILES string of the molecule is CCCCOC(=O)c1ccc([C@H]2N=c3cc(C)c(N)c(Br)c3=N2)cc1. The van der Waals surface area contributed by atoms with Gasteiger partial charge < -0.3 is 10.5 Å². The predicted molar refractivity (Wildman–Crippen MR) is 100.0 cm³/mol. The van der Waals surface area contributed by atoms with Crippen molar-refractivity contribution in [1.82, 2.24) is 0 Å². The number of aryl methyl sites for hydroxylation is 1. The molecule has 2 aromatic carbocycles. The molecule has 0 amide bonds. The first-order valence-corrected chi connectivity index (χ1v) is 9.08. The van der Waals surface area contributed by atoms with Crippen molar-refractivity contribution in [2.24, 2.45) is 9.98 Å². The van der Waals surface area contributed by atoms with Crippen molar-refractivity contribution in [3.63, 3.8) is 0 Å². The molecule has 1 heterocycles. The summed E-state index contributed by atoms with van der Waals surface area (Å²) in [5, 5.41) is 1.60. The van der Waals surface area contributed by atoms with Crippen molar-refractivity contribution in [3.05, 3.63) is 62.2 Å². The number of rotatable bonds is 5. The van der Waals surface area contributed by atoms with Crippen molar-refractivity contribution >= 4 is 27.6 Å². The van der Waals surface area contributed by atoms with Gasteiger partial charge in [0.1, 0.15) is 5.36 Å². The Morgan fingerprint density at radius 3 is 2.68 bits per heavy atom. The number of esters is 1. The Hall–Kier alpha value is -2.21. The maximum atomic E-state index is 12.0. The van der Waals surface area contributed by atoms with E-state index in [-0.39, 0.29) is 12.1 Å². The minimum absolute atomic E-state index is 0.297. The van der Waals surface area contributed by atoms with Crippen LogP contribution >= 0.6 is 15.9 Å². The second kappa shape index (κ2) is 7.35. The molecular formula is C19H20BrN3O2. The molecule has 2 N–H and O–H groups in total. The molecule has 0 bridgehead atoms. The van der Waals surface area contributed by atoms with Gasteiger partial charge in [0.05, 0.1) is 27.7 Å². The summed E-state index contributed by atoms with van der Waals surface area (Å²) in [5.41, 5.74) is 9.15. The van der Waals surface area contributed by atoms with Gasteiger partial charge in [0.25, 0.3) is 0 Å². The third kappa shape index (κ3) is 3.58. The molecule has 1 aliphatic rings. The van der Waals surface area contributed by atoms with Gasteiger partial charge in [0.2, 0.25) is 0 Å². The Balaban J connectivity index is 1.82. The molecule has 0 aliphatic carbocycles. The quantitative estimate of drug-likeness (QED) is 0.474. The maximum absolute atomic E-state index is 12.0. The number of nitrogens with two attached hydrogens (primary N) is 1. The Morgan fingerprint density at radius 2 is 2.00 bits per heavy atom. The fourth-order valence-electron chi connectivity index (χ4n) is 2.60. The van der Waals surface area contributed by atoms with Gasteiger partial charge >= 0.3 is 5.97 Å². The van der Waals surface area contributed by atoms with Crippen LogP contribution in [0.3, 0.4) is 0 Å². The van der Waals surface area contributed by atoms with Gasteiger partial charge in [0.15, 0.2) is 6.17 Å². The lowest BCUT2D eigenvalue weighted by molar-refractivity contribution is 0.0499. The lowest BCUT2D eigenvalue weighted by Crippen LogP contribution is -2.24. The molecule has 0 fully saturated rings. The predicted octanol–water partition coefficient (Wildman–Crippen LogP) is 3.25. The summed E-state index contributed by atoms with van der Waals surface area (Å²) in [6.07, 6.45) is 1.55. The molecule has 6 heteroatoms. The molecule has 3 rings (SSSR count). The van der Waals surface area contributed by atoms with E-state index in [0.717, 1.165) is 39.2 Å². The largest absolute Gasteiger partial charge is 0.462 e. The van der Waals surface area contributed by atoms with Crippen molar-refractivity contribution in [2.75, 3.05) is 12.3 Å². The van der Waals surface area contributed by atoms with Crippen LogP contribution in [0.4, 0.5) is 5.69 Å². The van der Waals surface area contributed by atoms with Gasteiger partial charge in [-0.1, -0.05) is 25.5 Å². The van der Waals surface area contributed by atoms with E-state index in [1.54, 1.807) is 12.1 Å². The lowest BCUT2D eigenvalue weighted by Gasteiger charge is -2.07. The summed E-state index contributed by atoms with van der Waals surface area (Å²) in [5.74, 6) is -0.297. The molecule has 0 aromatic heterocycles. The van der Waals surface area contributed by atoms with Crippen LogP contribution in [0.25, 0.3) is 0 Å². The number of unbranched alkanes of at least 4 members (excludes halogenated alkanes) is 1. The number of nitrogen functional groups attached to an aromatic ring is 1. The first kappa shape index (κ1) is 17.6. The van der Waals surface area contributed by atoms with Crippen LogP contribution < -0.4 is 16.4 Å². The van der Waals surface area contributed by atoms with E-state index in [9.17, 15) is 4.79 Å². The molecule has 0 saturated heterocycles. The van der Waals surface area contributed by atoms with E-state index in [0.29, 0.717) is 17.9 Å². The van der Waals surface area contributed by atoms with Gasteiger partial charge in [-0.15, -0.1) is 0 Å². The topological polar surface area (TPSA) is 77.0 Å². The second-order valence-corrected chi connectivity index (χ2v) is 6.83. The number of carbonyl (C=O) groups is 1. The Morgan fingerprint density at radius 1 is 1.28 bits per heavy atom. The number of carbonyl (C=O) groups excluding carboxylic acids is 1. The van der Waals surface area contributed by atoms with E-state index in [2.05, 4.69) is 32.8 Å². The Kier molecular flexibility index (Phi) is 5.18. The van der Waals surface area contributed by atoms with Gasteiger partial charge in [0, 0.05) is 0 Å². The lowest BCUT2D eigenvalue weighted by atomic mass is 10.1. The number of benzene rings is 2. The standard InChI is InChI=1S/C19H20BrN3O2/c1-3-4-9-25-19(24)13-7-5-12(6-8-13)18-22-14-10-11(2)16(21)15(20)17(14)23-18/h5-8,10,18H,3-4,9,21H2,1-2H3/t18-/m0/s1. The third-order valence-electron chi connectivity index (χ3n) is 4.15. The summed E-state index contributed by atoms with van der Waals surface area (Å²) in [4.78, 5) is 21.3. The summed E-state index contributed by atoms with van der Waals surface area (Å²) >= 11 is 3.50. The van der Waals surface area contributed by atoms with E-state index in [1.807, 2.05) is 25.1 Å². The van der Waals surface area contributed by atoms with E-state index in [1.165, 1.54) is 0 Å². The zero-order chi connectivity index (χ0) is 18.0. The van der Waals surface area contributed by atoms with Crippen LogP contribution in [0.15, 0.2) is 44.8 Å². The fraction of sp³-hybridized carbons (Fsp3) is 0.316. The van der Waals surface area contributed by atoms with Gasteiger partial charge in [-0.3, -0.25) is 9.98 Å².